The van der Waals surface area contributed by atoms with Crippen LogP contribution >= 0.6 is 0 Å². The van der Waals surface area contributed by atoms with Crippen molar-refractivity contribution in [1.29, 1.82) is 0 Å². The lowest BCUT2D eigenvalue weighted by molar-refractivity contribution is -0.159. The van der Waals surface area contributed by atoms with Gasteiger partial charge in [-0.2, -0.15) is 0 Å². The fourth-order valence-electron chi connectivity index (χ4n) is 2.86. The molecule has 0 aromatic rings. The molecular formula is C16H22N2O6. The molecule has 24 heavy (non-hydrogen) atoms. The number of likely N-dealkylation sites (tertiary alicyclic amines) is 1. The molecule has 0 bridgehead atoms. The van der Waals surface area contributed by atoms with Crippen molar-refractivity contribution in [2.24, 2.45) is 0 Å². The highest BCUT2D eigenvalue weighted by Gasteiger charge is 2.47. The van der Waals surface area contributed by atoms with Gasteiger partial charge in [-0.3, -0.25) is 24.1 Å². The number of esters is 1. The van der Waals surface area contributed by atoms with Crippen LogP contribution < -0.4 is 0 Å². The van der Waals surface area contributed by atoms with E-state index in [1.54, 1.807) is 20.8 Å². The summed E-state index contributed by atoms with van der Waals surface area (Å²) >= 11 is 0. The van der Waals surface area contributed by atoms with E-state index >= 15 is 0 Å². The van der Waals surface area contributed by atoms with Crippen LogP contribution in [0.5, 0.6) is 0 Å². The monoisotopic (exact) mass is 338 g/mol. The topological polar surface area (TPSA) is 93.2 Å². The molecule has 2 rings (SSSR count). The first kappa shape index (κ1) is 18.1. The van der Waals surface area contributed by atoms with Crippen molar-refractivity contribution in [3.8, 4) is 0 Å². The van der Waals surface area contributed by atoms with E-state index in [1.165, 1.54) is 12.0 Å². The third-order valence-electron chi connectivity index (χ3n) is 3.74. The number of hydrogen-bond acceptors (Lipinski definition) is 6. The molecule has 1 saturated heterocycles. The van der Waals surface area contributed by atoms with Gasteiger partial charge in [0.1, 0.15) is 18.2 Å². The van der Waals surface area contributed by atoms with Crippen LogP contribution in [0.2, 0.25) is 0 Å². The Kier molecular flexibility index (Phi) is 5.08. The zero-order valence-electron chi connectivity index (χ0n) is 14.3. The number of rotatable bonds is 5. The lowest BCUT2D eigenvalue weighted by Crippen LogP contribution is -2.47. The Hall–Kier alpha value is -2.22. The summed E-state index contributed by atoms with van der Waals surface area (Å²) in [5.74, 6) is -2.04. The summed E-state index contributed by atoms with van der Waals surface area (Å²) in [4.78, 5) is 50.6. The van der Waals surface area contributed by atoms with Crippen LogP contribution in [0.3, 0.4) is 0 Å². The number of amides is 3. The second kappa shape index (κ2) is 6.72. The van der Waals surface area contributed by atoms with Gasteiger partial charge in [-0.1, -0.05) is 0 Å². The maximum absolute atomic E-state index is 12.7. The van der Waals surface area contributed by atoms with Crippen molar-refractivity contribution in [3.05, 3.63) is 12.2 Å². The van der Waals surface area contributed by atoms with E-state index in [1.807, 2.05) is 0 Å². The summed E-state index contributed by atoms with van der Waals surface area (Å²) < 4.78 is 10.3. The van der Waals surface area contributed by atoms with Crippen molar-refractivity contribution >= 4 is 23.7 Å². The summed E-state index contributed by atoms with van der Waals surface area (Å²) in [6, 6.07) is -1.32. The van der Waals surface area contributed by atoms with Crippen LogP contribution in [0, 0.1) is 0 Å². The molecule has 2 heterocycles. The van der Waals surface area contributed by atoms with Gasteiger partial charge in [-0.15, -0.1) is 0 Å². The fourth-order valence-corrected chi connectivity index (χ4v) is 2.86. The normalized spacial score (nSPS) is 24.2. The zero-order chi connectivity index (χ0) is 18.1. The molecule has 8 nitrogen and oxygen atoms in total. The van der Waals surface area contributed by atoms with Crippen molar-refractivity contribution in [2.45, 2.75) is 44.9 Å². The highest BCUT2D eigenvalue weighted by atomic mass is 16.6. The molecule has 0 spiro atoms. The first-order valence-corrected chi connectivity index (χ1v) is 7.70. The van der Waals surface area contributed by atoms with Crippen LogP contribution in [-0.4, -0.2) is 71.4 Å². The molecule has 2 atom stereocenters. The molecule has 1 fully saturated rings. The second-order valence-corrected chi connectivity index (χ2v) is 6.79. The van der Waals surface area contributed by atoms with Crippen LogP contribution in [0.4, 0.5) is 0 Å². The Morgan fingerprint density at radius 1 is 1.21 bits per heavy atom. The SMILES string of the molecule is COC[C@@H]1C[C@H](N2C(=O)C=CC2=O)C(=O)N1CC(=O)OC(C)(C)C. The summed E-state index contributed by atoms with van der Waals surface area (Å²) in [6.45, 7) is 5.16. The third-order valence-corrected chi connectivity index (χ3v) is 3.74. The smallest absolute Gasteiger partial charge is 0.326 e. The van der Waals surface area contributed by atoms with Crippen molar-refractivity contribution in [2.75, 3.05) is 20.3 Å². The van der Waals surface area contributed by atoms with Gasteiger partial charge in [0.05, 0.1) is 12.6 Å². The van der Waals surface area contributed by atoms with Crippen molar-refractivity contribution in [1.82, 2.24) is 9.80 Å². The number of ether oxygens (including phenoxy) is 2. The minimum absolute atomic E-state index is 0.203. The Balaban J connectivity index is 2.14. The molecule has 0 aromatic carbocycles. The standard InChI is InChI=1S/C16H22N2O6/c1-16(2,3)24-14(21)8-17-10(9-23-4)7-11(15(17)22)18-12(19)5-6-13(18)20/h5-6,10-11H,7-9H2,1-4H3/t10-,11-/m0/s1. The molecule has 0 aromatic heterocycles. The average Bonchev–Trinajstić information content (AvgIpc) is 2.91. The van der Waals surface area contributed by atoms with Gasteiger partial charge in [-0.05, 0) is 20.8 Å². The number of hydrogen-bond donors (Lipinski definition) is 0. The van der Waals surface area contributed by atoms with Crippen LogP contribution in [0.25, 0.3) is 0 Å². The van der Waals surface area contributed by atoms with E-state index < -0.39 is 41.4 Å². The van der Waals surface area contributed by atoms with Gasteiger partial charge in [0.25, 0.3) is 11.8 Å². The molecule has 8 heteroatoms. The molecule has 0 N–H and O–H groups in total. The fraction of sp³-hybridized carbons (Fsp3) is 0.625. The Morgan fingerprint density at radius 3 is 2.29 bits per heavy atom. The van der Waals surface area contributed by atoms with Gasteiger partial charge in [0.2, 0.25) is 5.91 Å². The maximum atomic E-state index is 12.7. The average molecular weight is 338 g/mol. The largest absolute Gasteiger partial charge is 0.459 e. The molecule has 2 aliphatic rings. The van der Waals surface area contributed by atoms with E-state index in [0.717, 1.165) is 17.1 Å². The number of imide groups is 1. The summed E-state index contributed by atoms with van der Waals surface area (Å²) in [6.07, 6.45) is 2.50. The molecule has 2 aliphatic heterocycles. The molecule has 3 amide bonds. The van der Waals surface area contributed by atoms with Crippen LogP contribution in [-0.2, 0) is 28.7 Å². The molecule has 132 valence electrons. The van der Waals surface area contributed by atoms with Gasteiger partial charge in [0.15, 0.2) is 0 Å². The Morgan fingerprint density at radius 2 is 1.79 bits per heavy atom. The third kappa shape index (κ3) is 3.81. The highest BCUT2D eigenvalue weighted by Crippen LogP contribution is 2.26. The minimum Gasteiger partial charge on any atom is -0.459 e. The van der Waals surface area contributed by atoms with Crippen LogP contribution in [0.1, 0.15) is 27.2 Å². The first-order valence-electron chi connectivity index (χ1n) is 7.70. The quantitative estimate of drug-likeness (QED) is 0.512. The lowest BCUT2D eigenvalue weighted by atomic mass is 10.1. The highest BCUT2D eigenvalue weighted by molar-refractivity contribution is 6.15. The number of methoxy groups -OCH3 is 1. The number of carbonyl (C=O) groups is 4. The predicted molar refractivity (Wildman–Crippen MR) is 82.6 cm³/mol. The molecule has 0 unspecified atom stereocenters. The van der Waals surface area contributed by atoms with E-state index in [9.17, 15) is 19.2 Å². The van der Waals surface area contributed by atoms with Gasteiger partial charge >= 0.3 is 5.97 Å². The van der Waals surface area contributed by atoms with Gasteiger partial charge < -0.3 is 14.4 Å². The van der Waals surface area contributed by atoms with Gasteiger partial charge in [-0.25, -0.2) is 0 Å². The van der Waals surface area contributed by atoms with Crippen molar-refractivity contribution < 1.29 is 28.7 Å². The maximum Gasteiger partial charge on any atom is 0.326 e. The van der Waals surface area contributed by atoms with E-state index in [2.05, 4.69) is 0 Å². The molecule has 0 saturated carbocycles. The zero-order valence-corrected chi connectivity index (χ0v) is 14.3. The molecule has 0 aliphatic carbocycles. The number of nitrogens with zero attached hydrogens (tertiary/aromatic N) is 2. The predicted octanol–water partition coefficient (Wildman–Crippen LogP) is -0.131. The Bertz CT molecular complexity index is 574. The first-order chi connectivity index (χ1) is 11.1. The Labute approximate surface area is 140 Å². The number of carbonyl (C=O) groups excluding carboxylic acids is 4. The summed E-state index contributed by atoms with van der Waals surface area (Å²) in [5.41, 5.74) is -0.666. The minimum atomic E-state index is -0.914. The molecule has 0 radical (unpaired) electrons. The second-order valence-electron chi connectivity index (χ2n) is 6.79. The van der Waals surface area contributed by atoms with Crippen LogP contribution in [0.15, 0.2) is 12.2 Å². The lowest BCUT2D eigenvalue weighted by Gasteiger charge is -2.26. The summed E-state index contributed by atoms with van der Waals surface area (Å²) in [7, 11) is 1.48. The summed E-state index contributed by atoms with van der Waals surface area (Å²) in [5, 5.41) is 0. The van der Waals surface area contributed by atoms with E-state index in [-0.39, 0.29) is 19.6 Å². The van der Waals surface area contributed by atoms with E-state index in [0.29, 0.717) is 0 Å². The van der Waals surface area contributed by atoms with E-state index in [4.69, 9.17) is 9.47 Å². The van der Waals surface area contributed by atoms with Crippen molar-refractivity contribution in [3.63, 3.8) is 0 Å². The van der Waals surface area contributed by atoms with Gasteiger partial charge in [0, 0.05) is 25.7 Å². The molecular weight excluding hydrogens is 316 g/mol.